The number of aliphatic hydroxyl groups is 1. The minimum absolute atomic E-state index is 0.00710. The van der Waals surface area contributed by atoms with Crippen molar-refractivity contribution in [1.29, 1.82) is 0 Å². The lowest BCUT2D eigenvalue weighted by molar-refractivity contribution is -0.301. The van der Waals surface area contributed by atoms with Crippen LogP contribution in [0.1, 0.15) is 40.8 Å². The highest BCUT2D eigenvalue weighted by molar-refractivity contribution is 8.08. The molecule has 55 heavy (non-hydrogen) atoms. The van der Waals surface area contributed by atoms with Crippen LogP contribution in [-0.2, 0) is 86.9 Å². The summed E-state index contributed by atoms with van der Waals surface area (Å²) in [5.74, 6) is -5.08. The molecule has 0 radical (unpaired) electrons. The summed E-state index contributed by atoms with van der Waals surface area (Å²) in [5, 5.41) is 10.6. The summed E-state index contributed by atoms with van der Waals surface area (Å²) in [4.78, 5) is 93.5. The number of carbonyl (C=O) groups excluding carboxylic acids is 5. The van der Waals surface area contributed by atoms with E-state index in [1.54, 1.807) is 0 Å². The van der Waals surface area contributed by atoms with E-state index in [1.807, 2.05) is 0 Å². The van der Waals surface area contributed by atoms with Crippen LogP contribution in [0, 0.1) is 0 Å². The van der Waals surface area contributed by atoms with Crippen LogP contribution < -0.4 is 5.73 Å². The number of esters is 5. The van der Waals surface area contributed by atoms with Gasteiger partial charge in [0.1, 0.15) is 36.8 Å². The third-order valence-corrected chi connectivity index (χ3v) is 10.9. The first-order valence-electron chi connectivity index (χ1n) is 15.7. The number of nitrogen functional groups attached to an aromatic ring is 1. The van der Waals surface area contributed by atoms with Crippen LogP contribution in [0.5, 0.6) is 0 Å². The number of aliphatic hydroxyl groups excluding tert-OH is 1. The predicted molar refractivity (Wildman–Crippen MR) is 177 cm³/mol. The van der Waals surface area contributed by atoms with E-state index in [0.29, 0.717) is 0 Å². The summed E-state index contributed by atoms with van der Waals surface area (Å²) >= 11 is 4.83. The summed E-state index contributed by atoms with van der Waals surface area (Å²) in [7, 11) is -5.77. The van der Waals surface area contributed by atoms with E-state index in [2.05, 4.69) is 15.0 Å². The zero-order chi connectivity index (χ0) is 41.0. The quantitative estimate of drug-likeness (QED) is 0.0986. The van der Waals surface area contributed by atoms with E-state index in [0.717, 1.165) is 51.8 Å². The zero-order valence-corrected chi connectivity index (χ0v) is 31.9. The number of rotatable bonds is 15. The van der Waals surface area contributed by atoms with Crippen molar-refractivity contribution < 1.29 is 94.3 Å². The van der Waals surface area contributed by atoms with Crippen LogP contribution in [0.2, 0.25) is 0 Å². The molecule has 0 saturated carbocycles. The first kappa shape index (κ1) is 43.9. The SMILES string of the molecule is CC(=O)OC[C@@H](OC(C)=O)C1OC(OP(=O)(O)OP(O)(=S)OC[C@H]2O[C@@H](n3cnc4c(N)ncnc43)[C@H](O)[C@@H]2F)C(OC(C)=O)C(OC(C)=O)C1OC(C)=O. The molecule has 2 saturated heterocycles. The van der Waals surface area contributed by atoms with Crippen LogP contribution in [0.25, 0.3) is 11.2 Å². The lowest BCUT2D eigenvalue weighted by Crippen LogP contribution is -2.65. The standard InChI is InChI=1S/C27H36FN5O19P2S/c1-10(34)43-6-16(45-11(2)35)20-21(46-12(3)36)22(47-13(4)37)23(48-14(5)38)27(50-20)51-53(40,41)52-54(42,55)44-7-15-17(28)19(39)26(49-15)33-9-32-18-24(29)30-8-31-25(18)33/h8-9,15-17,19-23,26-27,39H,6-7H2,1-5H3,(H,40,41)(H,42,55)(H2,29,30,31)/t15-,16-,17-,19-,20?,21?,22?,23?,26-,27?,54?/m1/s1. The van der Waals surface area contributed by atoms with Gasteiger partial charge in [0, 0.05) is 34.6 Å². The Labute approximate surface area is 314 Å². The normalized spacial score (nSPS) is 29.3. The lowest BCUT2D eigenvalue weighted by atomic mass is 9.94. The van der Waals surface area contributed by atoms with Gasteiger partial charge in [-0.1, -0.05) is 0 Å². The Balaban J connectivity index is 1.57. The van der Waals surface area contributed by atoms with Crippen molar-refractivity contribution in [3.63, 3.8) is 0 Å². The summed E-state index contributed by atoms with van der Waals surface area (Å²) in [6.45, 7) is -2.03. The number of carbonyl (C=O) groups is 5. The number of aromatic nitrogens is 4. The predicted octanol–water partition coefficient (Wildman–Crippen LogP) is -0.613. The summed E-state index contributed by atoms with van der Waals surface area (Å²) in [5.41, 5.74) is 5.98. The van der Waals surface area contributed by atoms with Crippen molar-refractivity contribution in [3.8, 4) is 0 Å². The molecule has 7 unspecified atom stereocenters. The van der Waals surface area contributed by atoms with Gasteiger partial charge >= 0.3 is 44.4 Å². The zero-order valence-electron chi connectivity index (χ0n) is 29.3. The second kappa shape index (κ2) is 18.0. The molecule has 2 aliphatic rings. The molecule has 24 nitrogen and oxygen atoms in total. The van der Waals surface area contributed by atoms with Gasteiger partial charge in [-0.05, 0) is 11.8 Å². The van der Waals surface area contributed by atoms with E-state index < -0.39 is 119 Å². The van der Waals surface area contributed by atoms with Crippen molar-refractivity contribution in [1.82, 2.24) is 19.5 Å². The number of anilines is 1. The molecular formula is C27H36FN5O19P2S. The van der Waals surface area contributed by atoms with Gasteiger partial charge in [0.15, 0.2) is 48.3 Å². The molecule has 0 aromatic carbocycles. The Hall–Kier alpha value is -3.81. The Kier molecular flexibility index (Phi) is 14.4. The number of nitrogens with two attached hydrogens (primary N) is 1. The number of ether oxygens (including phenoxy) is 7. The Morgan fingerprint density at radius 1 is 0.945 bits per heavy atom. The molecule has 12 atom stereocenters. The first-order valence-corrected chi connectivity index (χ1v) is 19.8. The average Bonchev–Trinajstić information content (AvgIpc) is 3.60. The van der Waals surface area contributed by atoms with Crippen LogP contribution in [-0.4, -0.2) is 133 Å². The van der Waals surface area contributed by atoms with Crippen molar-refractivity contribution in [3.05, 3.63) is 12.7 Å². The second-order valence-corrected chi connectivity index (χ2v) is 16.0. The third-order valence-electron chi connectivity index (χ3n) is 7.37. The highest BCUT2D eigenvalue weighted by Gasteiger charge is 2.57. The maximum absolute atomic E-state index is 15.2. The van der Waals surface area contributed by atoms with Gasteiger partial charge < -0.3 is 58.3 Å². The topological polar surface area (TPSA) is 325 Å². The number of phosphoric ester groups is 1. The summed E-state index contributed by atoms with van der Waals surface area (Å²) in [6.07, 6.45) is -16.7. The smallest absolute Gasteiger partial charge is 0.462 e. The molecular weight excluding hydrogens is 811 g/mol. The van der Waals surface area contributed by atoms with Crippen LogP contribution in [0.3, 0.4) is 0 Å². The number of hydrogen-bond donors (Lipinski definition) is 4. The number of alkyl halides is 1. The van der Waals surface area contributed by atoms with Gasteiger partial charge in [0.2, 0.25) is 6.29 Å². The molecule has 306 valence electrons. The lowest BCUT2D eigenvalue weighted by Gasteiger charge is -2.45. The molecule has 2 fully saturated rings. The Morgan fingerprint density at radius 3 is 2.16 bits per heavy atom. The van der Waals surface area contributed by atoms with Crippen molar-refractivity contribution in [2.45, 2.75) is 96.0 Å². The molecule has 2 aromatic heterocycles. The van der Waals surface area contributed by atoms with Gasteiger partial charge in [-0.25, -0.2) is 28.2 Å². The van der Waals surface area contributed by atoms with Gasteiger partial charge in [0.05, 0.1) is 12.9 Å². The molecule has 0 bridgehead atoms. The van der Waals surface area contributed by atoms with Gasteiger partial charge in [0.25, 0.3) is 0 Å². The van der Waals surface area contributed by atoms with Crippen LogP contribution in [0.4, 0.5) is 10.2 Å². The van der Waals surface area contributed by atoms with Gasteiger partial charge in [-0.3, -0.25) is 33.1 Å². The largest absolute Gasteiger partial charge is 0.481 e. The number of hydrogen-bond acceptors (Lipinski definition) is 22. The van der Waals surface area contributed by atoms with Gasteiger partial charge in [-0.15, -0.1) is 0 Å². The second-order valence-electron chi connectivity index (χ2n) is 11.6. The molecule has 2 aromatic rings. The third kappa shape index (κ3) is 11.4. The molecule has 4 heterocycles. The van der Waals surface area contributed by atoms with Crippen molar-refractivity contribution in [2.75, 3.05) is 18.9 Å². The fourth-order valence-electron chi connectivity index (χ4n) is 5.40. The summed E-state index contributed by atoms with van der Waals surface area (Å²) < 4.78 is 81.6. The number of fused-ring (bicyclic) bond motifs is 1. The minimum atomic E-state index is -5.77. The van der Waals surface area contributed by atoms with Crippen LogP contribution in [0.15, 0.2) is 12.7 Å². The molecule has 0 aliphatic carbocycles. The molecule has 4 rings (SSSR count). The number of nitrogens with zero attached hydrogens (tertiary/aromatic N) is 4. The fraction of sp³-hybridized carbons (Fsp3) is 0.630. The van der Waals surface area contributed by atoms with E-state index in [4.69, 9.17) is 64.1 Å². The molecule has 28 heteroatoms. The average molecular weight is 848 g/mol. The van der Waals surface area contributed by atoms with Crippen molar-refractivity contribution >= 4 is 73.2 Å². The number of imidazole rings is 1. The molecule has 0 spiro atoms. The molecule has 2 aliphatic heterocycles. The maximum Gasteiger partial charge on any atom is 0.481 e. The van der Waals surface area contributed by atoms with Crippen molar-refractivity contribution in [2.24, 2.45) is 0 Å². The highest BCUT2D eigenvalue weighted by atomic mass is 32.5. The minimum Gasteiger partial charge on any atom is -0.462 e. The first-order chi connectivity index (χ1) is 25.6. The Morgan fingerprint density at radius 2 is 1.56 bits per heavy atom. The number of halogens is 1. The van der Waals surface area contributed by atoms with E-state index in [1.165, 1.54) is 0 Å². The molecule has 0 amide bonds. The van der Waals surface area contributed by atoms with E-state index in [-0.39, 0.29) is 17.0 Å². The Bertz CT molecular complexity index is 1870. The summed E-state index contributed by atoms with van der Waals surface area (Å²) in [6, 6.07) is 0. The fourth-order valence-corrected chi connectivity index (χ4v) is 8.49. The maximum atomic E-state index is 15.2. The van der Waals surface area contributed by atoms with E-state index in [9.17, 15) is 43.4 Å². The number of phosphoric acid groups is 1. The van der Waals surface area contributed by atoms with E-state index >= 15 is 4.39 Å². The monoisotopic (exact) mass is 847 g/mol. The molecule has 5 N–H and O–H groups in total. The van der Waals surface area contributed by atoms with Gasteiger partial charge in [-0.2, -0.15) is 0 Å². The van der Waals surface area contributed by atoms with Crippen LogP contribution >= 0.6 is 14.5 Å². The highest BCUT2D eigenvalue weighted by Crippen LogP contribution is 2.62.